The minimum Gasteiger partial charge on any atom is -0.380 e. The zero-order chi connectivity index (χ0) is 7.40. The summed E-state index contributed by atoms with van der Waals surface area (Å²) in [5.41, 5.74) is 0. The van der Waals surface area contributed by atoms with E-state index in [1.165, 1.54) is 0 Å². The third kappa shape index (κ3) is 1.94. The van der Waals surface area contributed by atoms with Crippen molar-refractivity contribution in [1.82, 2.24) is 10.6 Å². The van der Waals surface area contributed by atoms with Crippen LogP contribution in [0.2, 0.25) is 0 Å². The summed E-state index contributed by atoms with van der Waals surface area (Å²) in [6.45, 7) is 5.24. The first kappa shape index (κ1) is 7.98. The van der Waals surface area contributed by atoms with Crippen molar-refractivity contribution in [1.29, 1.82) is 0 Å². The molecule has 0 saturated carbocycles. The molecule has 2 N–H and O–H groups in total. The lowest BCUT2D eigenvalue weighted by Gasteiger charge is -2.28. The molecule has 3 heteroatoms. The van der Waals surface area contributed by atoms with E-state index < -0.39 is 0 Å². The fourth-order valence-electron chi connectivity index (χ4n) is 1.17. The molecule has 0 aromatic carbocycles. The maximum absolute atomic E-state index is 5.19. The van der Waals surface area contributed by atoms with E-state index in [9.17, 15) is 0 Å². The Morgan fingerprint density at radius 3 is 2.80 bits per heavy atom. The summed E-state index contributed by atoms with van der Waals surface area (Å²) in [6.07, 6.45) is 0.313. The molecule has 0 amide bonds. The van der Waals surface area contributed by atoms with Crippen LogP contribution >= 0.6 is 0 Å². The number of methoxy groups -OCH3 is 1. The number of hydrogen-bond acceptors (Lipinski definition) is 3. The third-order valence-corrected chi connectivity index (χ3v) is 2.01. The van der Waals surface area contributed by atoms with E-state index in [0.29, 0.717) is 12.1 Å². The van der Waals surface area contributed by atoms with Crippen LogP contribution in [0, 0.1) is 0 Å². The number of piperazine rings is 1. The zero-order valence-corrected chi connectivity index (χ0v) is 6.68. The summed E-state index contributed by atoms with van der Waals surface area (Å²) in [5.74, 6) is 0. The third-order valence-electron chi connectivity index (χ3n) is 2.01. The number of ether oxygens (including phenoxy) is 1. The molecule has 1 saturated heterocycles. The van der Waals surface area contributed by atoms with Crippen LogP contribution in [-0.2, 0) is 4.74 Å². The highest BCUT2D eigenvalue weighted by Crippen LogP contribution is 1.97. The number of rotatable bonds is 2. The second kappa shape index (κ2) is 3.91. The van der Waals surface area contributed by atoms with Crippen LogP contribution in [-0.4, -0.2) is 38.9 Å². The fourth-order valence-corrected chi connectivity index (χ4v) is 1.17. The predicted molar refractivity (Wildman–Crippen MR) is 41.1 cm³/mol. The highest BCUT2D eigenvalue weighted by atomic mass is 16.5. The normalized spacial score (nSPS) is 30.0. The van der Waals surface area contributed by atoms with Crippen LogP contribution < -0.4 is 10.6 Å². The molecule has 60 valence electrons. The summed E-state index contributed by atoms with van der Waals surface area (Å²) < 4.78 is 5.19. The summed E-state index contributed by atoms with van der Waals surface area (Å²) in [5, 5.41) is 6.69. The van der Waals surface area contributed by atoms with Crippen LogP contribution in [0.3, 0.4) is 0 Å². The van der Waals surface area contributed by atoms with Crippen molar-refractivity contribution in [3.05, 3.63) is 0 Å². The average molecular weight is 144 g/mol. The van der Waals surface area contributed by atoms with Crippen LogP contribution in [0.5, 0.6) is 0 Å². The molecule has 2 atom stereocenters. The second-order valence-corrected chi connectivity index (χ2v) is 2.71. The van der Waals surface area contributed by atoms with Gasteiger partial charge in [0.15, 0.2) is 0 Å². The zero-order valence-electron chi connectivity index (χ0n) is 6.68. The largest absolute Gasteiger partial charge is 0.380 e. The summed E-state index contributed by atoms with van der Waals surface area (Å²) in [4.78, 5) is 0. The number of hydrogen-bond donors (Lipinski definition) is 2. The smallest absolute Gasteiger partial charge is 0.0708 e. The Morgan fingerprint density at radius 1 is 1.50 bits per heavy atom. The van der Waals surface area contributed by atoms with Gasteiger partial charge >= 0.3 is 0 Å². The Balaban J connectivity index is 2.24. The first-order chi connectivity index (χ1) is 4.84. The van der Waals surface area contributed by atoms with E-state index in [2.05, 4.69) is 17.6 Å². The molecule has 3 nitrogen and oxygen atoms in total. The van der Waals surface area contributed by atoms with Gasteiger partial charge in [-0.15, -0.1) is 0 Å². The lowest BCUT2D eigenvalue weighted by Crippen LogP contribution is -2.53. The van der Waals surface area contributed by atoms with Gasteiger partial charge in [0.2, 0.25) is 0 Å². The fraction of sp³-hybridized carbons (Fsp3) is 1.00. The minimum absolute atomic E-state index is 0.313. The highest BCUT2D eigenvalue weighted by molar-refractivity contribution is 4.80. The van der Waals surface area contributed by atoms with Gasteiger partial charge in [-0.1, -0.05) is 0 Å². The molecule has 0 aliphatic carbocycles. The first-order valence-corrected chi connectivity index (χ1v) is 3.81. The van der Waals surface area contributed by atoms with Crippen LogP contribution in [0.15, 0.2) is 0 Å². The molecule has 1 fully saturated rings. The second-order valence-electron chi connectivity index (χ2n) is 2.71. The standard InChI is InChI=1S/C7H16N2O/c1-6(10-2)7-5-8-3-4-9-7/h6-9H,3-5H2,1-2H3. The van der Waals surface area contributed by atoms with Gasteiger partial charge in [0.05, 0.1) is 6.10 Å². The summed E-state index contributed by atoms with van der Waals surface area (Å²) in [7, 11) is 1.75. The first-order valence-electron chi connectivity index (χ1n) is 3.81. The molecule has 0 aromatic rings. The molecule has 0 bridgehead atoms. The molecule has 2 unspecified atom stereocenters. The molecule has 0 radical (unpaired) electrons. The van der Waals surface area contributed by atoms with Crippen molar-refractivity contribution in [2.75, 3.05) is 26.7 Å². The van der Waals surface area contributed by atoms with Crippen LogP contribution in [0.4, 0.5) is 0 Å². The Morgan fingerprint density at radius 2 is 2.30 bits per heavy atom. The molecule has 1 heterocycles. The van der Waals surface area contributed by atoms with Crippen molar-refractivity contribution >= 4 is 0 Å². The van der Waals surface area contributed by atoms with Gasteiger partial charge < -0.3 is 15.4 Å². The van der Waals surface area contributed by atoms with Gasteiger partial charge in [0.1, 0.15) is 0 Å². The van der Waals surface area contributed by atoms with Crippen molar-refractivity contribution in [3.63, 3.8) is 0 Å². The quantitative estimate of drug-likeness (QED) is 0.552. The van der Waals surface area contributed by atoms with Crippen LogP contribution in [0.1, 0.15) is 6.92 Å². The molecule has 1 rings (SSSR count). The predicted octanol–water partition coefficient (Wildman–Crippen LogP) is -0.417. The average Bonchev–Trinajstić information content (AvgIpc) is 2.05. The summed E-state index contributed by atoms with van der Waals surface area (Å²) in [6, 6.07) is 0.485. The molecule has 0 spiro atoms. The van der Waals surface area contributed by atoms with Gasteiger partial charge in [-0.2, -0.15) is 0 Å². The lowest BCUT2D eigenvalue weighted by atomic mass is 10.1. The van der Waals surface area contributed by atoms with E-state index in [4.69, 9.17) is 4.74 Å². The summed E-state index contributed by atoms with van der Waals surface area (Å²) >= 11 is 0. The Kier molecular flexibility index (Phi) is 3.12. The maximum atomic E-state index is 5.19. The maximum Gasteiger partial charge on any atom is 0.0708 e. The Hall–Kier alpha value is -0.120. The van der Waals surface area contributed by atoms with E-state index >= 15 is 0 Å². The van der Waals surface area contributed by atoms with Crippen molar-refractivity contribution in [2.45, 2.75) is 19.1 Å². The Labute approximate surface area is 62.1 Å². The van der Waals surface area contributed by atoms with Gasteiger partial charge in [-0.25, -0.2) is 0 Å². The molecule has 10 heavy (non-hydrogen) atoms. The van der Waals surface area contributed by atoms with Gasteiger partial charge in [-0.05, 0) is 6.92 Å². The minimum atomic E-state index is 0.313. The van der Waals surface area contributed by atoms with E-state index in [1.54, 1.807) is 7.11 Å². The highest BCUT2D eigenvalue weighted by Gasteiger charge is 2.17. The molecule has 1 aliphatic rings. The Bertz CT molecular complexity index is 91.6. The van der Waals surface area contributed by atoms with Crippen molar-refractivity contribution < 1.29 is 4.74 Å². The van der Waals surface area contributed by atoms with Gasteiger partial charge in [0, 0.05) is 32.8 Å². The topological polar surface area (TPSA) is 33.3 Å². The van der Waals surface area contributed by atoms with Crippen LogP contribution in [0.25, 0.3) is 0 Å². The van der Waals surface area contributed by atoms with Crippen molar-refractivity contribution in [3.8, 4) is 0 Å². The monoisotopic (exact) mass is 144 g/mol. The number of nitrogens with one attached hydrogen (secondary N) is 2. The SMILES string of the molecule is COC(C)C1CNCCN1. The van der Waals surface area contributed by atoms with E-state index in [1.807, 2.05) is 0 Å². The molecular formula is C7H16N2O. The molecular weight excluding hydrogens is 128 g/mol. The van der Waals surface area contributed by atoms with Crippen molar-refractivity contribution in [2.24, 2.45) is 0 Å². The van der Waals surface area contributed by atoms with E-state index in [0.717, 1.165) is 19.6 Å². The molecule has 0 aromatic heterocycles. The lowest BCUT2D eigenvalue weighted by molar-refractivity contribution is 0.0779. The van der Waals surface area contributed by atoms with E-state index in [-0.39, 0.29) is 0 Å². The van der Waals surface area contributed by atoms with Gasteiger partial charge in [0.25, 0.3) is 0 Å². The van der Waals surface area contributed by atoms with Gasteiger partial charge in [-0.3, -0.25) is 0 Å². The molecule has 1 aliphatic heterocycles.